The molecule has 0 aliphatic carbocycles. The highest BCUT2D eigenvalue weighted by Gasteiger charge is 2.13. The van der Waals surface area contributed by atoms with E-state index in [-0.39, 0.29) is 12.4 Å². The summed E-state index contributed by atoms with van der Waals surface area (Å²) < 4.78 is 7.61. The number of hydrogen-bond donors (Lipinski definition) is 0. The van der Waals surface area contributed by atoms with Crippen molar-refractivity contribution in [3.8, 4) is 5.69 Å². The molecule has 0 amide bonds. The van der Waals surface area contributed by atoms with Crippen molar-refractivity contribution < 1.29 is 14.3 Å². The summed E-state index contributed by atoms with van der Waals surface area (Å²) in [4.78, 5) is 24.4. The SMILES string of the molecule is O=C(OCC(=O)c1ccc(Br)s1)c1ccc(-n2cccn2)cc1. The van der Waals surface area contributed by atoms with E-state index in [4.69, 9.17) is 4.74 Å². The third-order valence-electron chi connectivity index (χ3n) is 3.05. The molecule has 3 rings (SSSR count). The number of ether oxygens (including phenoxy) is 1. The summed E-state index contributed by atoms with van der Waals surface area (Å²) in [5.41, 5.74) is 1.23. The highest BCUT2D eigenvalue weighted by molar-refractivity contribution is 9.11. The lowest BCUT2D eigenvalue weighted by Gasteiger charge is -2.05. The molecule has 0 bridgehead atoms. The topological polar surface area (TPSA) is 61.2 Å². The Morgan fingerprint density at radius 2 is 1.96 bits per heavy atom. The number of benzene rings is 1. The summed E-state index contributed by atoms with van der Waals surface area (Å²) in [6.45, 7) is -0.271. The minimum Gasteiger partial charge on any atom is -0.454 e. The molecule has 2 aromatic heterocycles. The van der Waals surface area contributed by atoms with Crippen LogP contribution in [0.3, 0.4) is 0 Å². The second-order valence-electron chi connectivity index (χ2n) is 4.60. The van der Waals surface area contributed by atoms with E-state index in [1.807, 2.05) is 12.3 Å². The van der Waals surface area contributed by atoms with Crippen LogP contribution in [-0.2, 0) is 4.74 Å². The molecule has 0 spiro atoms. The number of halogens is 1. The number of carbonyl (C=O) groups is 2. The molecule has 116 valence electrons. The van der Waals surface area contributed by atoms with Gasteiger partial charge in [0.2, 0.25) is 5.78 Å². The van der Waals surface area contributed by atoms with Gasteiger partial charge in [0.05, 0.1) is 19.9 Å². The quantitative estimate of drug-likeness (QED) is 0.491. The van der Waals surface area contributed by atoms with Crippen LogP contribution in [0.25, 0.3) is 5.69 Å². The van der Waals surface area contributed by atoms with Gasteiger partial charge in [-0.15, -0.1) is 11.3 Å². The van der Waals surface area contributed by atoms with Crippen molar-refractivity contribution in [2.45, 2.75) is 0 Å². The van der Waals surface area contributed by atoms with E-state index in [1.54, 1.807) is 47.3 Å². The third kappa shape index (κ3) is 3.75. The largest absolute Gasteiger partial charge is 0.454 e. The van der Waals surface area contributed by atoms with Crippen LogP contribution in [0.15, 0.2) is 58.6 Å². The molecule has 0 saturated heterocycles. The highest BCUT2D eigenvalue weighted by atomic mass is 79.9. The second-order valence-corrected chi connectivity index (χ2v) is 7.06. The predicted molar refractivity (Wildman–Crippen MR) is 90.2 cm³/mol. The lowest BCUT2D eigenvalue weighted by molar-refractivity contribution is 0.0476. The molecule has 0 aliphatic heterocycles. The second kappa shape index (κ2) is 6.89. The average molecular weight is 391 g/mol. The normalized spacial score (nSPS) is 10.5. The van der Waals surface area contributed by atoms with Crippen molar-refractivity contribution in [2.75, 3.05) is 6.61 Å². The Morgan fingerprint density at radius 3 is 2.57 bits per heavy atom. The fourth-order valence-electron chi connectivity index (χ4n) is 1.92. The highest BCUT2D eigenvalue weighted by Crippen LogP contribution is 2.22. The molecule has 0 saturated carbocycles. The minimum absolute atomic E-state index is 0.220. The molecule has 3 aromatic rings. The molecule has 0 radical (unpaired) electrons. The molecule has 0 unspecified atom stereocenters. The summed E-state index contributed by atoms with van der Waals surface area (Å²) in [5, 5.41) is 4.11. The zero-order valence-electron chi connectivity index (χ0n) is 11.8. The van der Waals surface area contributed by atoms with Crippen molar-refractivity contribution in [1.82, 2.24) is 9.78 Å². The third-order valence-corrected chi connectivity index (χ3v) is 4.72. The van der Waals surface area contributed by atoms with Gasteiger partial charge in [0.15, 0.2) is 6.61 Å². The van der Waals surface area contributed by atoms with Crippen molar-refractivity contribution >= 4 is 39.0 Å². The number of aromatic nitrogens is 2. The van der Waals surface area contributed by atoms with Gasteiger partial charge in [-0.2, -0.15) is 5.10 Å². The van der Waals surface area contributed by atoms with Crippen LogP contribution in [0.5, 0.6) is 0 Å². The number of rotatable bonds is 5. The Hall–Kier alpha value is -2.25. The van der Waals surface area contributed by atoms with Crippen LogP contribution in [0.1, 0.15) is 20.0 Å². The van der Waals surface area contributed by atoms with E-state index in [0.717, 1.165) is 9.47 Å². The summed E-state index contributed by atoms with van der Waals surface area (Å²) in [7, 11) is 0. The molecule has 0 N–H and O–H groups in total. The molecule has 2 heterocycles. The lowest BCUT2D eigenvalue weighted by atomic mass is 10.2. The molecule has 0 fully saturated rings. The van der Waals surface area contributed by atoms with Crippen molar-refractivity contribution in [3.05, 3.63) is 69.1 Å². The number of carbonyl (C=O) groups excluding carboxylic acids is 2. The number of Topliss-reactive ketones (excluding diaryl/α,β-unsaturated/α-hetero) is 1. The Labute approximate surface area is 144 Å². The van der Waals surface area contributed by atoms with Crippen LogP contribution in [0.2, 0.25) is 0 Å². The van der Waals surface area contributed by atoms with Gasteiger partial charge in [0.1, 0.15) is 0 Å². The maximum absolute atomic E-state index is 12.0. The maximum atomic E-state index is 12.0. The van der Waals surface area contributed by atoms with Gasteiger partial charge in [0.25, 0.3) is 0 Å². The van der Waals surface area contributed by atoms with E-state index >= 15 is 0 Å². The number of esters is 1. The van der Waals surface area contributed by atoms with Crippen molar-refractivity contribution in [1.29, 1.82) is 0 Å². The van der Waals surface area contributed by atoms with Gasteiger partial charge in [-0.3, -0.25) is 4.79 Å². The average Bonchev–Trinajstić information content (AvgIpc) is 3.24. The predicted octanol–water partition coefficient (Wildman–Crippen LogP) is 3.74. The number of thiophene rings is 1. The van der Waals surface area contributed by atoms with Gasteiger partial charge >= 0.3 is 5.97 Å². The van der Waals surface area contributed by atoms with Crippen molar-refractivity contribution in [2.24, 2.45) is 0 Å². The molecule has 0 atom stereocenters. The zero-order chi connectivity index (χ0) is 16.2. The number of nitrogens with zero attached hydrogens (tertiary/aromatic N) is 2. The van der Waals surface area contributed by atoms with E-state index < -0.39 is 5.97 Å². The lowest BCUT2D eigenvalue weighted by Crippen LogP contribution is -2.13. The first-order chi connectivity index (χ1) is 11.1. The van der Waals surface area contributed by atoms with Gasteiger partial charge in [-0.1, -0.05) is 0 Å². The first-order valence-corrected chi connectivity index (χ1v) is 8.30. The Bertz CT molecular complexity index is 825. The molecular weight excluding hydrogens is 380 g/mol. The van der Waals surface area contributed by atoms with E-state index in [9.17, 15) is 9.59 Å². The van der Waals surface area contributed by atoms with Gasteiger partial charge in [-0.25, -0.2) is 9.48 Å². The minimum atomic E-state index is -0.527. The van der Waals surface area contributed by atoms with E-state index in [2.05, 4.69) is 21.0 Å². The molecule has 5 nitrogen and oxygen atoms in total. The van der Waals surface area contributed by atoms with E-state index in [0.29, 0.717) is 10.4 Å². The standard InChI is InChI=1S/C16H11BrN2O3S/c17-15-7-6-14(23-15)13(20)10-22-16(21)11-2-4-12(5-3-11)19-9-1-8-18-19/h1-9H,10H2. The smallest absolute Gasteiger partial charge is 0.338 e. The van der Waals surface area contributed by atoms with Crippen molar-refractivity contribution in [3.63, 3.8) is 0 Å². The molecule has 23 heavy (non-hydrogen) atoms. The molecule has 0 aliphatic rings. The van der Waals surface area contributed by atoms with E-state index in [1.165, 1.54) is 11.3 Å². The first-order valence-electron chi connectivity index (χ1n) is 6.69. The van der Waals surface area contributed by atoms with Gasteiger partial charge < -0.3 is 4.74 Å². The Balaban J connectivity index is 1.61. The van der Waals surface area contributed by atoms with Crippen LogP contribution in [0.4, 0.5) is 0 Å². The summed E-state index contributed by atoms with van der Waals surface area (Å²) >= 11 is 4.60. The Kier molecular flexibility index (Phi) is 4.68. The summed E-state index contributed by atoms with van der Waals surface area (Å²) in [6.07, 6.45) is 3.49. The summed E-state index contributed by atoms with van der Waals surface area (Å²) in [6, 6.07) is 12.1. The summed E-state index contributed by atoms with van der Waals surface area (Å²) in [5.74, 6) is -0.747. The molecule has 1 aromatic carbocycles. The fourth-order valence-corrected chi connectivity index (χ4v) is 3.23. The number of hydrogen-bond acceptors (Lipinski definition) is 5. The van der Waals surface area contributed by atoms with Gasteiger partial charge in [0, 0.05) is 12.4 Å². The van der Waals surface area contributed by atoms with Crippen LogP contribution < -0.4 is 0 Å². The monoisotopic (exact) mass is 390 g/mol. The zero-order valence-corrected chi connectivity index (χ0v) is 14.2. The van der Waals surface area contributed by atoms with Crippen LogP contribution in [-0.4, -0.2) is 28.1 Å². The van der Waals surface area contributed by atoms with Gasteiger partial charge in [-0.05, 0) is 58.4 Å². The molecule has 7 heteroatoms. The molecular formula is C16H11BrN2O3S. The fraction of sp³-hybridized carbons (Fsp3) is 0.0625. The van der Waals surface area contributed by atoms with Crippen LogP contribution in [0, 0.1) is 0 Å². The maximum Gasteiger partial charge on any atom is 0.338 e. The number of ketones is 1. The van der Waals surface area contributed by atoms with Crippen LogP contribution >= 0.6 is 27.3 Å². The Morgan fingerprint density at radius 1 is 1.17 bits per heavy atom. The first kappa shape index (κ1) is 15.6.